The first-order chi connectivity index (χ1) is 10.5. The van der Waals surface area contributed by atoms with Gasteiger partial charge in [-0.3, -0.25) is 14.8 Å². The molecule has 0 atom stereocenters. The Balaban J connectivity index is 1.78. The lowest BCUT2D eigenvalue weighted by Crippen LogP contribution is -2.15. The van der Waals surface area contributed by atoms with E-state index in [0.717, 1.165) is 11.3 Å². The number of carbonyl (C=O) groups is 1. The first kappa shape index (κ1) is 14.4. The van der Waals surface area contributed by atoms with E-state index >= 15 is 0 Å². The van der Waals surface area contributed by atoms with Crippen LogP contribution in [0, 0.1) is 12.7 Å². The Bertz CT molecular complexity index is 822. The molecule has 0 spiro atoms. The summed E-state index contributed by atoms with van der Waals surface area (Å²) >= 11 is 1.32. The van der Waals surface area contributed by atoms with Crippen molar-refractivity contribution in [3.63, 3.8) is 0 Å². The third-order valence-electron chi connectivity index (χ3n) is 3.10. The van der Waals surface area contributed by atoms with Gasteiger partial charge in [-0.15, -0.1) is 11.3 Å². The van der Waals surface area contributed by atoms with Gasteiger partial charge in [-0.25, -0.2) is 9.37 Å². The molecule has 5 nitrogen and oxygen atoms in total. The van der Waals surface area contributed by atoms with E-state index in [1.807, 2.05) is 12.3 Å². The van der Waals surface area contributed by atoms with E-state index in [4.69, 9.17) is 0 Å². The molecule has 0 saturated carbocycles. The van der Waals surface area contributed by atoms with E-state index < -0.39 is 0 Å². The van der Waals surface area contributed by atoms with E-state index in [0.29, 0.717) is 16.5 Å². The minimum absolute atomic E-state index is 0.261. The number of aromatic nitrogens is 3. The number of hydrogen-bond acceptors (Lipinski definition) is 4. The summed E-state index contributed by atoms with van der Waals surface area (Å²) in [7, 11) is 1.72. The highest BCUT2D eigenvalue weighted by atomic mass is 32.1. The molecule has 0 aliphatic rings. The van der Waals surface area contributed by atoms with Crippen molar-refractivity contribution >= 4 is 22.4 Å². The molecule has 3 rings (SSSR count). The standard InChI is InChI=1S/C15H13FN4OS/c1-9-7-13(20(2)19-9)14(21)18-15-17-12(8-22-15)10-3-5-11(16)6-4-10/h3-8H,1-2H3,(H,17,18,21). The lowest BCUT2D eigenvalue weighted by molar-refractivity contribution is 0.101. The lowest BCUT2D eigenvalue weighted by Gasteiger charge is -2.01. The fourth-order valence-corrected chi connectivity index (χ4v) is 2.78. The summed E-state index contributed by atoms with van der Waals surface area (Å²) in [4.78, 5) is 16.5. The smallest absolute Gasteiger partial charge is 0.275 e. The number of nitrogens with one attached hydrogen (secondary N) is 1. The van der Waals surface area contributed by atoms with Crippen LogP contribution in [0.4, 0.5) is 9.52 Å². The number of nitrogens with zero attached hydrogens (tertiary/aromatic N) is 3. The van der Waals surface area contributed by atoms with Crippen LogP contribution in [-0.2, 0) is 7.05 Å². The average molecular weight is 316 g/mol. The number of anilines is 1. The number of carbonyl (C=O) groups excluding carboxylic acids is 1. The molecule has 0 saturated heterocycles. The van der Waals surface area contributed by atoms with E-state index in [1.54, 1.807) is 25.2 Å². The first-order valence-corrected chi connectivity index (χ1v) is 7.44. The van der Waals surface area contributed by atoms with Gasteiger partial charge in [-0.1, -0.05) is 0 Å². The van der Waals surface area contributed by atoms with E-state index in [-0.39, 0.29) is 11.7 Å². The normalized spacial score (nSPS) is 10.7. The number of halogens is 1. The number of benzene rings is 1. The predicted molar refractivity (Wildman–Crippen MR) is 83.4 cm³/mol. The van der Waals surface area contributed by atoms with Crippen LogP contribution in [0.5, 0.6) is 0 Å². The van der Waals surface area contributed by atoms with Crippen LogP contribution < -0.4 is 5.32 Å². The van der Waals surface area contributed by atoms with Gasteiger partial charge in [0, 0.05) is 18.0 Å². The van der Waals surface area contributed by atoms with Crippen molar-refractivity contribution in [3.8, 4) is 11.3 Å². The molecule has 0 aliphatic heterocycles. The highest BCUT2D eigenvalue weighted by Gasteiger charge is 2.14. The maximum absolute atomic E-state index is 12.9. The number of hydrogen-bond donors (Lipinski definition) is 1. The SMILES string of the molecule is Cc1cc(C(=O)Nc2nc(-c3ccc(F)cc3)cs2)n(C)n1. The Morgan fingerprint density at radius 2 is 2.05 bits per heavy atom. The molecule has 1 N–H and O–H groups in total. The summed E-state index contributed by atoms with van der Waals surface area (Å²) in [5.74, 6) is -0.554. The zero-order valence-electron chi connectivity index (χ0n) is 12.0. The largest absolute Gasteiger partial charge is 0.296 e. The lowest BCUT2D eigenvalue weighted by atomic mass is 10.2. The topological polar surface area (TPSA) is 59.8 Å². The van der Waals surface area contributed by atoms with Gasteiger partial charge in [0.2, 0.25) is 0 Å². The van der Waals surface area contributed by atoms with E-state index in [9.17, 15) is 9.18 Å². The number of rotatable bonds is 3. The van der Waals surface area contributed by atoms with Crippen LogP contribution in [-0.4, -0.2) is 20.7 Å². The molecule has 2 aromatic heterocycles. The second-order valence-electron chi connectivity index (χ2n) is 4.79. The third kappa shape index (κ3) is 2.89. The molecule has 0 aliphatic carbocycles. The molecule has 0 fully saturated rings. The summed E-state index contributed by atoms with van der Waals surface area (Å²) in [5.41, 5.74) is 2.74. The molecule has 0 bridgehead atoms. The highest BCUT2D eigenvalue weighted by molar-refractivity contribution is 7.14. The van der Waals surface area contributed by atoms with Crippen molar-refractivity contribution in [2.75, 3.05) is 5.32 Å². The van der Waals surface area contributed by atoms with Gasteiger partial charge < -0.3 is 0 Å². The Kier molecular flexibility index (Phi) is 3.72. The monoisotopic (exact) mass is 316 g/mol. The Labute approximate surface area is 130 Å². The second kappa shape index (κ2) is 5.69. The zero-order chi connectivity index (χ0) is 15.7. The van der Waals surface area contributed by atoms with E-state index in [2.05, 4.69) is 15.4 Å². The number of aryl methyl sites for hydroxylation is 2. The third-order valence-corrected chi connectivity index (χ3v) is 3.86. The maximum Gasteiger partial charge on any atom is 0.275 e. The van der Waals surface area contributed by atoms with Crippen molar-refractivity contribution in [2.24, 2.45) is 7.05 Å². The molecule has 2 heterocycles. The van der Waals surface area contributed by atoms with Crippen LogP contribution in [0.2, 0.25) is 0 Å². The maximum atomic E-state index is 12.9. The van der Waals surface area contributed by atoms with Crippen LogP contribution in [0.3, 0.4) is 0 Å². The molecule has 0 unspecified atom stereocenters. The van der Waals surface area contributed by atoms with Gasteiger partial charge >= 0.3 is 0 Å². The van der Waals surface area contributed by atoms with Gasteiger partial charge in [-0.2, -0.15) is 5.10 Å². The van der Waals surface area contributed by atoms with Crippen LogP contribution in [0.15, 0.2) is 35.7 Å². The van der Waals surface area contributed by atoms with Crippen LogP contribution in [0.25, 0.3) is 11.3 Å². The Hall–Kier alpha value is -2.54. The molecular weight excluding hydrogens is 303 g/mol. The molecule has 1 amide bonds. The van der Waals surface area contributed by atoms with Crippen LogP contribution in [0.1, 0.15) is 16.2 Å². The summed E-state index contributed by atoms with van der Waals surface area (Å²) < 4.78 is 14.5. The molecule has 0 radical (unpaired) electrons. The van der Waals surface area contributed by atoms with Crippen molar-refractivity contribution in [2.45, 2.75) is 6.92 Å². The fraction of sp³-hybridized carbons (Fsp3) is 0.133. The molecule has 22 heavy (non-hydrogen) atoms. The van der Waals surface area contributed by atoms with Gasteiger partial charge in [0.05, 0.1) is 11.4 Å². The van der Waals surface area contributed by atoms with Gasteiger partial charge in [0.1, 0.15) is 11.5 Å². The summed E-state index contributed by atoms with van der Waals surface area (Å²) in [5, 5.41) is 9.19. The van der Waals surface area contributed by atoms with Crippen LogP contribution >= 0.6 is 11.3 Å². The predicted octanol–water partition coefficient (Wildman–Crippen LogP) is 3.24. The quantitative estimate of drug-likeness (QED) is 0.807. The first-order valence-electron chi connectivity index (χ1n) is 6.56. The molecule has 3 aromatic rings. The summed E-state index contributed by atoms with van der Waals surface area (Å²) in [6.07, 6.45) is 0. The van der Waals surface area contributed by atoms with Crippen molar-refractivity contribution < 1.29 is 9.18 Å². The summed E-state index contributed by atoms with van der Waals surface area (Å²) in [6.45, 7) is 1.83. The van der Waals surface area contributed by atoms with Gasteiger partial charge in [0.25, 0.3) is 5.91 Å². The zero-order valence-corrected chi connectivity index (χ0v) is 12.8. The number of amides is 1. The molecule has 112 valence electrons. The minimum atomic E-state index is -0.293. The molecular formula is C15H13FN4OS. The molecule has 7 heteroatoms. The van der Waals surface area contributed by atoms with Crippen molar-refractivity contribution in [1.82, 2.24) is 14.8 Å². The van der Waals surface area contributed by atoms with Gasteiger partial charge in [0.15, 0.2) is 5.13 Å². The highest BCUT2D eigenvalue weighted by Crippen LogP contribution is 2.25. The second-order valence-corrected chi connectivity index (χ2v) is 5.65. The van der Waals surface area contributed by atoms with Crippen molar-refractivity contribution in [3.05, 3.63) is 52.9 Å². The minimum Gasteiger partial charge on any atom is -0.296 e. The summed E-state index contributed by atoms with van der Waals surface area (Å²) in [6, 6.07) is 7.78. The molecule has 1 aromatic carbocycles. The average Bonchev–Trinajstić information content (AvgIpc) is 3.06. The van der Waals surface area contributed by atoms with E-state index in [1.165, 1.54) is 28.2 Å². The van der Waals surface area contributed by atoms with Gasteiger partial charge in [-0.05, 0) is 37.3 Å². The Morgan fingerprint density at radius 1 is 1.32 bits per heavy atom. The Morgan fingerprint density at radius 3 is 2.68 bits per heavy atom. The number of thiazole rings is 1. The van der Waals surface area contributed by atoms with Crippen molar-refractivity contribution in [1.29, 1.82) is 0 Å². The fourth-order valence-electron chi connectivity index (χ4n) is 2.07.